The molecule has 1 fully saturated rings. The summed E-state index contributed by atoms with van der Waals surface area (Å²) in [6.07, 6.45) is 0. The molecule has 1 aliphatic heterocycles. The molecule has 132 valence electrons. The van der Waals surface area contributed by atoms with Crippen LogP contribution in [0.1, 0.15) is 36.8 Å². The Balaban J connectivity index is 1.58. The smallest absolute Gasteiger partial charge is 0.260 e. The number of nitrogens with zero attached hydrogens (tertiary/aromatic N) is 1. The number of benzene rings is 2. The Hall–Kier alpha value is -2.33. The molecule has 0 aromatic heterocycles. The molecule has 2 aromatic rings. The zero-order valence-electron chi connectivity index (χ0n) is 14.9. The van der Waals surface area contributed by atoms with Crippen LogP contribution in [-0.2, 0) is 4.79 Å². The Bertz CT molecular complexity index is 715. The SMILES string of the molecule is CC(C)c1cccc(OCC(=O)N2C[C@@H](N)[C@H](c3ccccc3)C2)c1. The molecule has 2 aromatic carbocycles. The van der Waals surface area contributed by atoms with E-state index >= 15 is 0 Å². The topological polar surface area (TPSA) is 55.6 Å². The molecule has 1 saturated heterocycles. The van der Waals surface area contributed by atoms with E-state index in [9.17, 15) is 4.79 Å². The maximum Gasteiger partial charge on any atom is 0.260 e. The highest BCUT2D eigenvalue weighted by molar-refractivity contribution is 5.78. The molecule has 0 spiro atoms. The van der Waals surface area contributed by atoms with Crippen LogP contribution in [0.4, 0.5) is 0 Å². The Morgan fingerprint density at radius 1 is 1.16 bits per heavy atom. The predicted octanol–water partition coefficient (Wildman–Crippen LogP) is 3.14. The summed E-state index contributed by atoms with van der Waals surface area (Å²) in [5, 5.41) is 0. The van der Waals surface area contributed by atoms with Gasteiger partial charge in [0.15, 0.2) is 6.61 Å². The van der Waals surface area contributed by atoms with Crippen molar-refractivity contribution in [2.24, 2.45) is 5.73 Å². The number of likely N-dealkylation sites (tertiary alicyclic amines) is 1. The first-order valence-electron chi connectivity index (χ1n) is 8.85. The van der Waals surface area contributed by atoms with Gasteiger partial charge in [-0.05, 0) is 29.2 Å². The maximum atomic E-state index is 12.5. The highest BCUT2D eigenvalue weighted by Gasteiger charge is 2.33. The molecule has 0 unspecified atom stereocenters. The molecular formula is C21H26N2O2. The fraction of sp³-hybridized carbons (Fsp3) is 0.381. The van der Waals surface area contributed by atoms with E-state index in [4.69, 9.17) is 10.5 Å². The van der Waals surface area contributed by atoms with Crippen molar-refractivity contribution >= 4 is 5.91 Å². The first-order chi connectivity index (χ1) is 12.0. The number of nitrogens with two attached hydrogens (primary N) is 1. The molecule has 3 rings (SSSR count). The van der Waals surface area contributed by atoms with E-state index in [0.29, 0.717) is 19.0 Å². The molecule has 2 atom stereocenters. The lowest BCUT2D eigenvalue weighted by Gasteiger charge is -2.17. The van der Waals surface area contributed by atoms with Crippen molar-refractivity contribution in [1.82, 2.24) is 4.90 Å². The minimum absolute atomic E-state index is 0.0103. The van der Waals surface area contributed by atoms with Crippen LogP contribution in [0.3, 0.4) is 0 Å². The summed E-state index contributed by atoms with van der Waals surface area (Å²) in [5.41, 5.74) is 8.66. The normalized spacial score (nSPS) is 20.1. The van der Waals surface area contributed by atoms with Gasteiger partial charge in [-0.25, -0.2) is 0 Å². The molecule has 2 N–H and O–H groups in total. The summed E-state index contributed by atoms with van der Waals surface area (Å²) in [5.74, 6) is 1.35. The van der Waals surface area contributed by atoms with Crippen molar-refractivity contribution in [2.45, 2.75) is 31.7 Å². The van der Waals surface area contributed by atoms with Gasteiger partial charge in [-0.3, -0.25) is 4.79 Å². The van der Waals surface area contributed by atoms with E-state index in [1.165, 1.54) is 11.1 Å². The summed E-state index contributed by atoms with van der Waals surface area (Å²) in [4.78, 5) is 14.3. The predicted molar refractivity (Wildman–Crippen MR) is 99.8 cm³/mol. The third-order valence-corrected chi connectivity index (χ3v) is 4.83. The molecule has 4 heteroatoms. The van der Waals surface area contributed by atoms with Crippen molar-refractivity contribution in [2.75, 3.05) is 19.7 Å². The second-order valence-corrected chi connectivity index (χ2v) is 7.00. The number of rotatable bonds is 5. The van der Waals surface area contributed by atoms with Crippen LogP contribution < -0.4 is 10.5 Å². The molecular weight excluding hydrogens is 312 g/mol. The number of carbonyl (C=O) groups excluding carboxylic acids is 1. The van der Waals surface area contributed by atoms with Crippen LogP contribution in [0.15, 0.2) is 54.6 Å². The minimum Gasteiger partial charge on any atom is -0.484 e. The number of hydrogen-bond acceptors (Lipinski definition) is 3. The third-order valence-electron chi connectivity index (χ3n) is 4.83. The van der Waals surface area contributed by atoms with Gasteiger partial charge in [-0.1, -0.05) is 56.3 Å². The van der Waals surface area contributed by atoms with E-state index in [-0.39, 0.29) is 24.5 Å². The van der Waals surface area contributed by atoms with Gasteiger partial charge in [0.25, 0.3) is 5.91 Å². The van der Waals surface area contributed by atoms with E-state index in [1.807, 2.05) is 41.3 Å². The van der Waals surface area contributed by atoms with Gasteiger partial charge in [0, 0.05) is 25.0 Å². The lowest BCUT2D eigenvalue weighted by molar-refractivity contribution is -0.132. The molecule has 0 aliphatic carbocycles. The first-order valence-corrected chi connectivity index (χ1v) is 8.85. The van der Waals surface area contributed by atoms with Crippen LogP contribution in [0.2, 0.25) is 0 Å². The van der Waals surface area contributed by atoms with E-state index in [2.05, 4.69) is 32.0 Å². The zero-order valence-corrected chi connectivity index (χ0v) is 14.9. The average molecular weight is 338 g/mol. The molecule has 25 heavy (non-hydrogen) atoms. The molecule has 1 heterocycles. The average Bonchev–Trinajstić information content (AvgIpc) is 3.02. The summed E-state index contributed by atoms with van der Waals surface area (Å²) in [6.45, 7) is 5.56. The molecule has 0 radical (unpaired) electrons. The lowest BCUT2D eigenvalue weighted by Crippen LogP contribution is -2.35. The van der Waals surface area contributed by atoms with Gasteiger partial charge in [0.2, 0.25) is 0 Å². The van der Waals surface area contributed by atoms with Crippen LogP contribution >= 0.6 is 0 Å². The summed E-state index contributed by atoms with van der Waals surface area (Å²) in [7, 11) is 0. The maximum absolute atomic E-state index is 12.5. The highest BCUT2D eigenvalue weighted by Crippen LogP contribution is 2.26. The summed E-state index contributed by atoms with van der Waals surface area (Å²) in [6, 6.07) is 18.1. The quantitative estimate of drug-likeness (QED) is 0.911. The van der Waals surface area contributed by atoms with Crippen molar-refractivity contribution in [3.05, 3.63) is 65.7 Å². The van der Waals surface area contributed by atoms with Crippen LogP contribution in [0.25, 0.3) is 0 Å². The van der Waals surface area contributed by atoms with Crippen LogP contribution in [0.5, 0.6) is 5.75 Å². The summed E-state index contributed by atoms with van der Waals surface area (Å²) >= 11 is 0. The second kappa shape index (κ2) is 7.70. The van der Waals surface area contributed by atoms with Gasteiger partial charge < -0.3 is 15.4 Å². The summed E-state index contributed by atoms with van der Waals surface area (Å²) < 4.78 is 5.72. The van der Waals surface area contributed by atoms with Gasteiger partial charge in [-0.15, -0.1) is 0 Å². The van der Waals surface area contributed by atoms with E-state index < -0.39 is 0 Å². The van der Waals surface area contributed by atoms with Crippen molar-refractivity contribution in [3.8, 4) is 5.75 Å². The van der Waals surface area contributed by atoms with Gasteiger partial charge in [-0.2, -0.15) is 0 Å². The third kappa shape index (κ3) is 4.20. The molecule has 0 bridgehead atoms. The fourth-order valence-corrected chi connectivity index (χ4v) is 3.29. The Labute approximate surface area is 149 Å². The van der Waals surface area contributed by atoms with E-state index in [0.717, 1.165) is 5.75 Å². The second-order valence-electron chi connectivity index (χ2n) is 7.00. The number of carbonyl (C=O) groups is 1. The fourth-order valence-electron chi connectivity index (χ4n) is 3.29. The van der Waals surface area contributed by atoms with Crippen molar-refractivity contribution in [1.29, 1.82) is 0 Å². The largest absolute Gasteiger partial charge is 0.484 e. The van der Waals surface area contributed by atoms with Crippen LogP contribution in [-0.4, -0.2) is 36.5 Å². The lowest BCUT2D eigenvalue weighted by atomic mass is 9.95. The van der Waals surface area contributed by atoms with Gasteiger partial charge in [0.05, 0.1) is 0 Å². The monoisotopic (exact) mass is 338 g/mol. The Morgan fingerprint density at radius 3 is 2.64 bits per heavy atom. The first kappa shape index (κ1) is 17.5. The molecule has 4 nitrogen and oxygen atoms in total. The van der Waals surface area contributed by atoms with Crippen LogP contribution in [0, 0.1) is 0 Å². The number of ether oxygens (including phenoxy) is 1. The van der Waals surface area contributed by atoms with Gasteiger partial charge in [0.1, 0.15) is 5.75 Å². The minimum atomic E-state index is -0.0318. The molecule has 1 aliphatic rings. The van der Waals surface area contributed by atoms with Crippen molar-refractivity contribution < 1.29 is 9.53 Å². The standard InChI is InChI=1S/C21H26N2O2/c1-15(2)17-9-6-10-18(11-17)25-14-21(24)23-12-19(20(22)13-23)16-7-4-3-5-8-16/h3-11,15,19-20H,12-14,22H2,1-2H3/t19-,20+/m0/s1. The Kier molecular flexibility index (Phi) is 5.39. The zero-order chi connectivity index (χ0) is 17.8. The highest BCUT2D eigenvalue weighted by atomic mass is 16.5. The molecule has 1 amide bonds. The molecule has 0 saturated carbocycles. The number of hydrogen-bond donors (Lipinski definition) is 1. The number of amides is 1. The van der Waals surface area contributed by atoms with E-state index in [1.54, 1.807) is 0 Å². The van der Waals surface area contributed by atoms with Gasteiger partial charge >= 0.3 is 0 Å². The Morgan fingerprint density at radius 2 is 1.92 bits per heavy atom. The van der Waals surface area contributed by atoms with Crippen molar-refractivity contribution in [3.63, 3.8) is 0 Å².